The van der Waals surface area contributed by atoms with Crippen molar-refractivity contribution in [3.05, 3.63) is 35.6 Å². The normalized spacial score (nSPS) is 42.0. The van der Waals surface area contributed by atoms with Crippen LogP contribution in [-0.2, 0) is 9.53 Å². The summed E-state index contributed by atoms with van der Waals surface area (Å²) in [5, 5.41) is 20.3. The summed E-state index contributed by atoms with van der Waals surface area (Å²) in [7, 11) is 0. The van der Waals surface area contributed by atoms with E-state index in [1.165, 1.54) is 0 Å². The van der Waals surface area contributed by atoms with Crippen molar-refractivity contribution < 1.29 is 19.7 Å². The molecule has 0 bridgehead atoms. The number of hydrogen-bond acceptors (Lipinski definition) is 4. The van der Waals surface area contributed by atoms with Gasteiger partial charge in [0.2, 0.25) is 0 Å². The van der Waals surface area contributed by atoms with Crippen molar-refractivity contribution in [2.75, 3.05) is 0 Å². The van der Waals surface area contributed by atoms with E-state index >= 15 is 0 Å². The molecule has 2 aliphatic carbocycles. The highest BCUT2D eigenvalue weighted by Gasteiger charge is 2.54. The number of fused-ring (bicyclic) bond motifs is 3. The van der Waals surface area contributed by atoms with Gasteiger partial charge in [-0.05, 0) is 24.8 Å². The maximum absolute atomic E-state index is 11.7. The summed E-state index contributed by atoms with van der Waals surface area (Å²) in [6.07, 6.45) is -0.158. The van der Waals surface area contributed by atoms with Gasteiger partial charge in [0.05, 0.1) is 17.8 Å². The van der Waals surface area contributed by atoms with E-state index in [9.17, 15) is 15.0 Å². The van der Waals surface area contributed by atoms with Gasteiger partial charge in [0.15, 0.2) is 0 Å². The minimum absolute atomic E-state index is 0.0448. The Morgan fingerprint density at radius 2 is 1.95 bits per heavy atom. The lowest BCUT2D eigenvalue weighted by molar-refractivity contribution is -0.141. The molecule has 4 nitrogen and oxygen atoms in total. The average molecular weight is 262 g/mol. The molecule has 5 atom stereocenters. The zero-order valence-electron chi connectivity index (χ0n) is 10.9. The van der Waals surface area contributed by atoms with Crippen LogP contribution in [0.15, 0.2) is 35.6 Å². The first-order chi connectivity index (χ1) is 8.91. The predicted octanol–water partition coefficient (Wildman–Crippen LogP) is 1.87. The largest absolute Gasteiger partial charge is 0.512 e. The second-order valence-corrected chi connectivity index (χ2v) is 5.82. The molecule has 3 aliphatic rings. The third kappa shape index (κ3) is 1.59. The second-order valence-electron chi connectivity index (χ2n) is 5.82. The number of aliphatic hydroxyl groups is 2. The molecule has 4 heteroatoms. The molecule has 0 amide bonds. The molecule has 1 saturated carbocycles. The highest BCUT2D eigenvalue weighted by Crippen LogP contribution is 2.51. The number of carbonyl (C=O) groups is 1. The molecular formula is C15H18O4. The van der Waals surface area contributed by atoms with Gasteiger partial charge in [0.25, 0.3) is 0 Å². The molecule has 0 aromatic heterocycles. The molecule has 0 aromatic rings. The van der Waals surface area contributed by atoms with Crippen LogP contribution in [0, 0.1) is 17.8 Å². The first-order valence-electron chi connectivity index (χ1n) is 6.56. The molecule has 1 saturated heterocycles. The summed E-state index contributed by atoms with van der Waals surface area (Å²) >= 11 is 0. The third-order valence-corrected chi connectivity index (χ3v) is 4.83. The fourth-order valence-electron chi connectivity index (χ4n) is 3.77. The Kier molecular flexibility index (Phi) is 2.61. The van der Waals surface area contributed by atoms with Crippen LogP contribution in [0.3, 0.4) is 0 Å². The fraction of sp³-hybridized carbons (Fsp3) is 0.533. The highest BCUT2D eigenvalue weighted by atomic mass is 16.6. The number of allylic oxidation sites excluding steroid dienone is 1. The van der Waals surface area contributed by atoms with Crippen molar-refractivity contribution in [1.29, 1.82) is 0 Å². The van der Waals surface area contributed by atoms with Crippen molar-refractivity contribution >= 4 is 5.97 Å². The topological polar surface area (TPSA) is 66.8 Å². The van der Waals surface area contributed by atoms with Gasteiger partial charge in [-0.2, -0.15) is 0 Å². The molecule has 3 rings (SSSR count). The van der Waals surface area contributed by atoms with Gasteiger partial charge in [-0.15, -0.1) is 0 Å². The summed E-state index contributed by atoms with van der Waals surface area (Å²) in [5.41, 5.74) is 2.10. The zero-order valence-corrected chi connectivity index (χ0v) is 10.9. The number of aliphatic hydroxyl groups excluding tert-OH is 2. The summed E-state index contributed by atoms with van der Waals surface area (Å²) in [5.74, 6) is -0.499. The van der Waals surface area contributed by atoms with Crippen molar-refractivity contribution in [3.8, 4) is 0 Å². The summed E-state index contributed by atoms with van der Waals surface area (Å²) in [6.45, 7) is 9.65. The van der Waals surface area contributed by atoms with Gasteiger partial charge >= 0.3 is 5.97 Å². The minimum Gasteiger partial charge on any atom is -0.512 e. The van der Waals surface area contributed by atoms with Crippen molar-refractivity contribution in [2.45, 2.75) is 32.0 Å². The van der Waals surface area contributed by atoms with Gasteiger partial charge in [0.1, 0.15) is 6.10 Å². The first kappa shape index (κ1) is 12.5. The number of esters is 1. The second kappa shape index (κ2) is 3.97. The third-order valence-electron chi connectivity index (χ3n) is 4.83. The van der Waals surface area contributed by atoms with Gasteiger partial charge in [0, 0.05) is 17.9 Å². The predicted molar refractivity (Wildman–Crippen MR) is 69.2 cm³/mol. The van der Waals surface area contributed by atoms with Gasteiger partial charge in [-0.3, -0.25) is 0 Å². The van der Waals surface area contributed by atoms with Crippen molar-refractivity contribution in [3.63, 3.8) is 0 Å². The fourth-order valence-corrected chi connectivity index (χ4v) is 3.77. The molecule has 1 aliphatic heterocycles. The van der Waals surface area contributed by atoms with Crippen LogP contribution >= 0.6 is 0 Å². The monoisotopic (exact) mass is 262 g/mol. The highest BCUT2D eigenvalue weighted by molar-refractivity contribution is 5.91. The molecule has 2 fully saturated rings. The maximum atomic E-state index is 11.7. The van der Waals surface area contributed by atoms with Crippen LogP contribution in [0.25, 0.3) is 0 Å². The SMILES string of the molecule is C=C1CC(O)C2C(=C)C(=O)OC2C2C(C)=C(O)CC12. The summed E-state index contributed by atoms with van der Waals surface area (Å²) in [6, 6.07) is 0. The number of carbonyl (C=O) groups excluding carboxylic acids is 1. The van der Waals surface area contributed by atoms with Crippen LogP contribution in [0.1, 0.15) is 19.8 Å². The smallest absolute Gasteiger partial charge is 0.334 e. The lowest BCUT2D eigenvalue weighted by atomic mass is 9.80. The molecule has 5 unspecified atom stereocenters. The van der Waals surface area contributed by atoms with E-state index in [1.807, 2.05) is 6.92 Å². The lowest BCUT2D eigenvalue weighted by Crippen LogP contribution is -2.33. The Morgan fingerprint density at radius 1 is 1.26 bits per heavy atom. The molecular weight excluding hydrogens is 244 g/mol. The van der Waals surface area contributed by atoms with Gasteiger partial charge in [-0.25, -0.2) is 4.79 Å². The first-order valence-corrected chi connectivity index (χ1v) is 6.56. The van der Waals surface area contributed by atoms with Crippen LogP contribution < -0.4 is 0 Å². The molecule has 2 N–H and O–H groups in total. The molecule has 1 heterocycles. The van der Waals surface area contributed by atoms with Gasteiger partial charge < -0.3 is 14.9 Å². The average Bonchev–Trinajstić information content (AvgIpc) is 2.75. The van der Waals surface area contributed by atoms with Crippen molar-refractivity contribution in [2.24, 2.45) is 17.8 Å². The number of hydrogen-bond donors (Lipinski definition) is 2. The van der Waals surface area contributed by atoms with E-state index in [0.717, 1.165) is 11.1 Å². The van der Waals surface area contributed by atoms with Crippen LogP contribution in [0.2, 0.25) is 0 Å². The quantitative estimate of drug-likeness (QED) is 0.397. The lowest BCUT2D eigenvalue weighted by Gasteiger charge is -2.27. The summed E-state index contributed by atoms with van der Waals surface area (Å²) < 4.78 is 5.42. The van der Waals surface area contributed by atoms with E-state index < -0.39 is 18.2 Å². The van der Waals surface area contributed by atoms with Crippen LogP contribution in [0.5, 0.6) is 0 Å². The molecule has 19 heavy (non-hydrogen) atoms. The molecule has 0 aromatic carbocycles. The van der Waals surface area contributed by atoms with Gasteiger partial charge in [-0.1, -0.05) is 18.7 Å². The summed E-state index contributed by atoms with van der Waals surface area (Å²) in [4.78, 5) is 11.7. The minimum atomic E-state index is -0.683. The number of rotatable bonds is 0. The van der Waals surface area contributed by atoms with Crippen molar-refractivity contribution in [1.82, 2.24) is 0 Å². The van der Waals surface area contributed by atoms with E-state index in [4.69, 9.17) is 4.74 Å². The van der Waals surface area contributed by atoms with E-state index in [-0.39, 0.29) is 17.8 Å². The number of ether oxygens (including phenoxy) is 1. The van der Waals surface area contributed by atoms with Crippen LogP contribution in [0.4, 0.5) is 0 Å². The standard InChI is InChI=1S/C15H18O4/c1-6-4-11(17)13-8(3)15(18)19-14(13)12-7(2)10(16)5-9(6)12/h9,11-14,16-17H,1,3-5H2,2H3. The molecule has 102 valence electrons. The van der Waals surface area contributed by atoms with E-state index in [2.05, 4.69) is 13.2 Å². The Hall–Kier alpha value is -1.55. The molecule has 0 spiro atoms. The maximum Gasteiger partial charge on any atom is 0.334 e. The Balaban J connectivity index is 2.07. The van der Waals surface area contributed by atoms with Crippen LogP contribution in [-0.4, -0.2) is 28.4 Å². The van der Waals surface area contributed by atoms with E-state index in [0.29, 0.717) is 24.2 Å². The Bertz CT molecular complexity index is 516. The molecule has 0 radical (unpaired) electrons. The zero-order chi connectivity index (χ0) is 13.9. The van der Waals surface area contributed by atoms with E-state index in [1.54, 1.807) is 0 Å². The Labute approximate surface area is 112 Å². The Morgan fingerprint density at radius 3 is 2.63 bits per heavy atom.